The molecule has 0 saturated heterocycles. The zero-order chi connectivity index (χ0) is 24.7. The lowest BCUT2D eigenvalue weighted by molar-refractivity contribution is 0.403. The lowest BCUT2D eigenvalue weighted by Crippen LogP contribution is -2.06. The number of sulfone groups is 1. The van der Waals surface area contributed by atoms with E-state index >= 15 is 0 Å². The molecular formula is C24H19N5O5S. The number of fused-ring (bicyclic) bond motifs is 2. The van der Waals surface area contributed by atoms with Crippen LogP contribution in [0, 0.1) is 0 Å². The molecule has 0 amide bonds. The van der Waals surface area contributed by atoms with Crippen LogP contribution in [0.25, 0.3) is 22.2 Å². The SMILES string of the molecule is COc1ccc(S(=O)(=O)c2c(N)n(/N=C/c3ccc(O)c(O)c3)c3nc4ccccc4nc23)cc1. The minimum absolute atomic E-state index is 0.00597. The summed E-state index contributed by atoms with van der Waals surface area (Å²) in [6, 6.07) is 17.1. The Bertz CT molecular complexity index is 1730. The summed E-state index contributed by atoms with van der Waals surface area (Å²) in [7, 11) is -2.63. The Kier molecular flexibility index (Phi) is 5.25. The maximum Gasteiger partial charge on any atom is 0.212 e. The molecule has 35 heavy (non-hydrogen) atoms. The smallest absolute Gasteiger partial charge is 0.212 e. The lowest BCUT2D eigenvalue weighted by Gasteiger charge is -2.06. The van der Waals surface area contributed by atoms with Crippen LogP contribution >= 0.6 is 0 Å². The molecule has 2 heterocycles. The highest BCUT2D eigenvalue weighted by molar-refractivity contribution is 7.92. The third kappa shape index (κ3) is 3.77. The zero-order valence-electron chi connectivity index (χ0n) is 18.3. The third-order valence-corrected chi connectivity index (χ3v) is 7.22. The van der Waals surface area contributed by atoms with Crippen LogP contribution in [0.1, 0.15) is 5.56 Å². The first-order valence-corrected chi connectivity index (χ1v) is 11.8. The minimum Gasteiger partial charge on any atom is -0.504 e. The van der Waals surface area contributed by atoms with E-state index in [1.54, 1.807) is 36.4 Å². The second kappa shape index (κ2) is 8.29. The molecule has 0 unspecified atom stereocenters. The number of hydrogen-bond acceptors (Lipinski definition) is 9. The third-order valence-electron chi connectivity index (χ3n) is 5.39. The average molecular weight is 490 g/mol. The maximum absolute atomic E-state index is 13.7. The van der Waals surface area contributed by atoms with Crippen molar-refractivity contribution in [3.63, 3.8) is 0 Å². The molecule has 0 spiro atoms. The number of nitrogens with zero attached hydrogens (tertiary/aromatic N) is 4. The number of para-hydroxylation sites is 2. The number of methoxy groups -OCH3 is 1. The van der Waals surface area contributed by atoms with Gasteiger partial charge in [0.05, 0.1) is 29.3 Å². The summed E-state index contributed by atoms with van der Waals surface area (Å²) >= 11 is 0. The van der Waals surface area contributed by atoms with E-state index in [9.17, 15) is 18.6 Å². The number of aromatic nitrogens is 3. The van der Waals surface area contributed by atoms with E-state index in [4.69, 9.17) is 10.5 Å². The van der Waals surface area contributed by atoms with Crippen molar-refractivity contribution in [2.45, 2.75) is 9.79 Å². The van der Waals surface area contributed by atoms with Crippen molar-refractivity contribution in [3.8, 4) is 17.2 Å². The first kappa shape index (κ1) is 22.2. The fourth-order valence-corrected chi connectivity index (χ4v) is 5.11. The molecular weight excluding hydrogens is 470 g/mol. The molecule has 5 rings (SSSR count). The molecule has 0 atom stereocenters. The Morgan fingerprint density at radius 2 is 1.66 bits per heavy atom. The Morgan fingerprint density at radius 1 is 0.971 bits per heavy atom. The molecule has 0 aliphatic heterocycles. The van der Waals surface area contributed by atoms with Crippen molar-refractivity contribution < 1.29 is 23.4 Å². The molecule has 4 N–H and O–H groups in total. The van der Waals surface area contributed by atoms with Crippen LogP contribution < -0.4 is 10.5 Å². The molecule has 5 aromatic rings. The van der Waals surface area contributed by atoms with E-state index in [0.29, 0.717) is 22.3 Å². The van der Waals surface area contributed by atoms with Crippen LogP contribution in [0.5, 0.6) is 17.2 Å². The first-order valence-electron chi connectivity index (χ1n) is 10.3. The van der Waals surface area contributed by atoms with E-state index in [1.807, 2.05) is 0 Å². The topological polar surface area (TPSA) is 153 Å². The van der Waals surface area contributed by atoms with Gasteiger partial charge in [-0.1, -0.05) is 12.1 Å². The van der Waals surface area contributed by atoms with Gasteiger partial charge in [-0.3, -0.25) is 0 Å². The molecule has 0 radical (unpaired) electrons. The number of nitrogens with two attached hydrogens (primary N) is 1. The summed E-state index contributed by atoms with van der Waals surface area (Å²) in [5, 5.41) is 23.6. The molecule has 2 aromatic heterocycles. The highest BCUT2D eigenvalue weighted by atomic mass is 32.2. The molecule has 0 saturated carbocycles. The molecule has 0 aliphatic rings. The Labute approximate surface area is 199 Å². The van der Waals surface area contributed by atoms with Gasteiger partial charge in [0, 0.05) is 0 Å². The van der Waals surface area contributed by atoms with Gasteiger partial charge in [0.1, 0.15) is 22.0 Å². The van der Waals surface area contributed by atoms with Gasteiger partial charge in [-0.05, 0) is 60.2 Å². The summed E-state index contributed by atoms with van der Waals surface area (Å²) in [6.45, 7) is 0. The monoisotopic (exact) mass is 489 g/mol. The fraction of sp³-hybridized carbons (Fsp3) is 0.0417. The number of phenolic OH excluding ortho intramolecular Hbond substituents is 2. The zero-order valence-corrected chi connectivity index (χ0v) is 19.1. The Morgan fingerprint density at radius 3 is 2.31 bits per heavy atom. The maximum atomic E-state index is 13.7. The normalized spacial score (nSPS) is 12.0. The quantitative estimate of drug-likeness (QED) is 0.251. The van der Waals surface area contributed by atoms with Crippen molar-refractivity contribution in [1.82, 2.24) is 14.6 Å². The summed E-state index contributed by atoms with van der Waals surface area (Å²) in [5.41, 5.74) is 8.04. The number of ether oxygens (including phenoxy) is 1. The average Bonchev–Trinajstić information content (AvgIpc) is 3.13. The summed E-state index contributed by atoms with van der Waals surface area (Å²) in [4.78, 5) is 8.91. The number of anilines is 1. The standard InChI is InChI=1S/C24H19N5O5S/c1-34-15-7-9-16(10-8-15)35(32,33)22-21-24(28-18-5-3-2-4-17(18)27-21)29(23(22)25)26-13-14-6-11-19(30)20(31)12-14/h2-13,30-31H,25H2,1H3/b26-13+. The second-order valence-corrected chi connectivity index (χ2v) is 9.47. The molecule has 3 aromatic carbocycles. The molecule has 10 nitrogen and oxygen atoms in total. The van der Waals surface area contributed by atoms with Gasteiger partial charge in [-0.15, -0.1) is 0 Å². The highest BCUT2D eigenvalue weighted by Gasteiger charge is 2.30. The van der Waals surface area contributed by atoms with Crippen LogP contribution in [0.15, 0.2) is 81.6 Å². The summed E-state index contributed by atoms with van der Waals surface area (Å²) in [5.74, 6) is -0.275. The summed E-state index contributed by atoms with van der Waals surface area (Å²) < 4.78 is 33.6. The van der Waals surface area contributed by atoms with Crippen molar-refractivity contribution in [2.24, 2.45) is 5.10 Å². The van der Waals surface area contributed by atoms with Crippen LogP contribution in [0.3, 0.4) is 0 Å². The van der Waals surface area contributed by atoms with Crippen molar-refractivity contribution in [1.29, 1.82) is 0 Å². The van der Waals surface area contributed by atoms with Gasteiger partial charge in [0.15, 0.2) is 17.1 Å². The predicted molar refractivity (Wildman–Crippen MR) is 131 cm³/mol. The van der Waals surface area contributed by atoms with Crippen LogP contribution in [-0.2, 0) is 9.84 Å². The highest BCUT2D eigenvalue weighted by Crippen LogP contribution is 2.35. The molecule has 11 heteroatoms. The van der Waals surface area contributed by atoms with Crippen molar-refractivity contribution in [2.75, 3.05) is 12.8 Å². The fourth-order valence-electron chi connectivity index (χ4n) is 3.62. The Balaban J connectivity index is 1.76. The van der Waals surface area contributed by atoms with Gasteiger partial charge < -0.3 is 20.7 Å². The minimum atomic E-state index is -4.12. The van der Waals surface area contributed by atoms with Crippen molar-refractivity contribution in [3.05, 3.63) is 72.3 Å². The predicted octanol–water partition coefficient (Wildman–Crippen LogP) is 3.30. The van der Waals surface area contributed by atoms with E-state index in [2.05, 4.69) is 15.1 Å². The van der Waals surface area contributed by atoms with Crippen LogP contribution in [0.2, 0.25) is 0 Å². The van der Waals surface area contributed by atoms with E-state index in [-0.39, 0.29) is 38.3 Å². The first-order chi connectivity index (χ1) is 16.8. The Hall–Kier alpha value is -4.64. The number of aromatic hydroxyl groups is 2. The molecule has 176 valence electrons. The van der Waals surface area contributed by atoms with Crippen LogP contribution in [-0.4, -0.2) is 46.6 Å². The van der Waals surface area contributed by atoms with Crippen molar-refractivity contribution >= 4 is 44.1 Å². The molecule has 0 bridgehead atoms. The number of phenols is 2. The molecule has 0 aliphatic carbocycles. The van der Waals surface area contributed by atoms with E-state index < -0.39 is 9.84 Å². The molecule has 0 fully saturated rings. The van der Waals surface area contributed by atoms with Gasteiger partial charge >= 0.3 is 0 Å². The summed E-state index contributed by atoms with van der Waals surface area (Å²) in [6.07, 6.45) is 1.36. The van der Waals surface area contributed by atoms with Gasteiger partial charge in [-0.25, -0.2) is 18.4 Å². The van der Waals surface area contributed by atoms with Gasteiger partial charge in [0.2, 0.25) is 9.84 Å². The second-order valence-electron chi connectivity index (χ2n) is 7.58. The van der Waals surface area contributed by atoms with Gasteiger partial charge in [-0.2, -0.15) is 9.78 Å². The van der Waals surface area contributed by atoms with Gasteiger partial charge in [0.25, 0.3) is 0 Å². The number of nitrogen functional groups attached to an aromatic ring is 1. The number of benzene rings is 3. The number of hydrogen-bond donors (Lipinski definition) is 3. The van der Waals surface area contributed by atoms with Crippen LogP contribution in [0.4, 0.5) is 5.82 Å². The van der Waals surface area contributed by atoms with E-state index in [1.165, 1.54) is 48.3 Å². The lowest BCUT2D eigenvalue weighted by atomic mass is 10.2. The number of rotatable bonds is 5. The largest absolute Gasteiger partial charge is 0.504 e. The van der Waals surface area contributed by atoms with E-state index in [0.717, 1.165) is 0 Å².